The zero-order chi connectivity index (χ0) is 17.3. The highest BCUT2D eigenvalue weighted by Crippen LogP contribution is 2.40. The second kappa shape index (κ2) is 7.10. The van der Waals surface area contributed by atoms with E-state index in [1.165, 1.54) is 11.3 Å². The number of carbonyl (C=O) groups is 1. The van der Waals surface area contributed by atoms with Crippen LogP contribution in [0, 0.1) is 0 Å². The maximum atomic E-state index is 12.4. The van der Waals surface area contributed by atoms with Crippen LogP contribution in [0.3, 0.4) is 0 Å². The molecule has 0 aliphatic rings. The SMILES string of the molecule is CCC[S+]([O-])c1sc2nc(-c3cccs3)cc(C(=O)NC)c2c1N. The molecule has 3 rings (SSSR count). The third-order valence-electron chi connectivity index (χ3n) is 3.51. The number of hydrogen-bond acceptors (Lipinski definition) is 6. The van der Waals surface area contributed by atoms with Gasteiger partial charge in [-0.3, -0.25) is 4.79 Å². The fraction of sp³-hybridized carbons (Fsp3) is 0.250. The first-order valence-corrected chi connectivity index (χ1v) is 10.5. The number of nitrogens with one attached hydrogen (secondary N) is 1. The molecule has 0 bridgehead atoms. The number of carbonyl (C=O) groups excluding carboxylic acids is 1. The first kappa shape index (κ1) is 17.2. The number of nitrogens with zero attached hydrogens (tertiary/aromatic N) is 1. The average molecular weight is 380 g/mol. The predicted molar refractivity (Wildman–Crippen MR) is 102 cm³/mol. The number of pyridine rings is 1. The van der Waals surface area contributed by atoms with Crippen molar-refractivity contribution in [3.8, 4) is 10.6 Å². The van der Waals surface area contributed by atoms with E-state index in [1.54, 1.807) is 24.5 Å². The molecule has 0 saturated carbocycles. The Hall–Kier alpha value is -1.61. The Morgan fingerprint density at radius 2 is 2.29 bits per heavy atom. The van der Waals surface area contributed by atoms with Crippen LogP contribution in [0.4, 0.5) is 5.69 Å². The number of hydrogen-bond donors (Lipinski definition) is 2. The lowest BCUT2D eigenvalue weighted by molar-refractivity contribution is 0.0964. The molecule has 1 atom stereocenters. The monoisotopic (exact) mass is 379 g/mol. The largest absolute Gasteiger partial charge is 0.611 e. The summed E-state index contributed by atoms with van der Waals surface area (Å²) >= 11 is 1.70. The van der Waals surface area contributed by atoms with Gasteiger partial charge < -0.3 is 15.6 Å². The summed E-state index contributed by atoms with van der Waals surface area (Å²) in [5.74, 6) is 0.321. The topological polar surface area (TPSA) is 91.1 Å². The van der Waals surface area contributed by atoms with Crippen LogP contribution in [-0.4, -0.2) is 28.2 Å². The number of anilines is 1. The Balaban J connectivity index is 2.25. The number of rotatable bonds is 5. The van der Waals surface area contributed by atoms with E-state index in [0.29, 0.717) is 31.4 Å². The van der Waals surface area contributed by atoms with Crippen LogP contribution in [-0.2, 0) is 11.2 Å². The van der Waals surface area contributed by atoms with Gasteiger partial charge in [-0.1, -0.05) is 24.3 Å². The molecule has 3 heterocycles. The fourth-order valence-electron chi connectivity index (χ4n) is 2.41. The maximum absolute atomic E-state index is 12.4. The molecule has 5 nitrogen and oxygen atoms in total. The summed E-state index contributed by atoms with van der Waals surface area (Å²) in [5, 5.41) is 5.21. The summed E-state index contributed by atoms with van der Waals surface area (Å²) in [7, 11) is 1.58. The lowest BCUT2D eigenvalue weighted by atomic mass is 10.1. The van der Waals surface area contributed by atoms with E-state index in [4.69, 9.17) is 5.73 Å². The van der Waals surface area contributed by atoms with Crippen LogP contribution in [0.25, 0.3) is 20.8 Å². The van der Waals surface area contributed by atoms with Gasteiger partial charge in [-0.25, -0.2) is 4.98 Å². The second-order valence-electron chi connectivity index (χ2n) is 5.14. The molecule has 126 valence electrons. The second-order valence-corrected chi connectivity index (χ2v) is 8.86. The summed E-state index contributed by atoms with van der Waals surface area (Å²) in [6.07, 6.45) is 0.802. The third kappa shape index (κ3) is 3.02. The summed E-state index contributed by atoms with van der Waals surface area (Å²) in [4.78, 5) is 18.6. The van der Waals surface area contributed by atoms with Crippen molar-refractivity contribution < 1.29 is 9.35 Å². The van der Waals surface area contributed by atoms with Gasteiger partial charge in [0.1, 0.15) is 16.3 Å². The standard InChI is InChI=1S/C16H17N3O2S3/c1-3-7-24(21)16-13(17)12-9(14(20)18-2)8-10(19-15(12)23-16)11-5-4-6-22-11/h4-6,8H,3,7,17H2,1-2H3,(H,18,20). The van der Waals surface area contributed by atoms with Crippen molar-refractivity contribution in [2.24, 2.45) is 0 Å². The molecule has 1 unspecified atom stereocenters. The van der Waals surface area contributed by atoms with E-state index >= 15 is 0 Å². The van der Waals surface area contributed by atoms with Crippen molar-refractivity contribution in [1.82, 2.24) is 10.3 Å². The van der Waals surface area contributed by atoms with Gasteiger partial charge in [0.05, 0.1) is 21.5 Å². The first-order chi connectivity index (χ1) is 11.6. The molecule has 1 amide bonds. The average Bonchev–Trinajstić information content (AvgIpc) is 3.22. The highest BCUT2D eigenvalue weighted by Gasteiger charge is 2.25. The molecule has 0 saturated heterocycles. The Bertz CT molecular complexity index is 874. The fourth-order valence-corrected chi connectivity index (χ4v) is 5.71. The molecule has 0 aromatic carbocycles. The molecular formula is C16H17N3O2S3. The van der Waals surface area contributed by atoms with Gasteiger partial charge in [0.2, 0.25) is 4.21 Å². The van der Waals surface area contributed by atoms with Crippen LogP contribution < -0.4 is 11.1 Å². The van der Waals surface area contributed by atoms with E-state index in [0.717, 1.165) is 17.0 Å². The van der Waals surface area contributed by atoms with E-state index in [9.17, 15) is 9.35 Å². The molecule has 0 spiro atoms. The lowest BCUT2D eigenvalue weighted by Gasteiger charge is -2.08. The molecule has 3 N–H and O–H groups in total. The Morgan fingerprint density at radius 1 is 1.50 bits per heavy atom. The van der Waals surface area contributed by atoms with E-state index in [-0.39, 0.29) is 5.91 Å². The Morgan fingerprint density at radius 3 is 2.92 bits per heavy atom. The Kier molecular flexibility index (Phi) is 5.09. The van der Waals surface area contributed by atoms with Gasteiger partial charge in [0.25, 0.3) is 5.91 Å². The first-order valence-electron chi connectivity index (χ1n) is 7.44. The summed E-state index contributed by atoms with van der Waals surface area (Å²) in [5.41, 5.74) is 7.84. The van der Waals surface area contributed by atoms with Crippen molar-refractivity contribution in [1.29, 1.82) is 0 Å². The van der Waals surface area contributed by atoms with Crippen molar-refractivity contribution in [3.63, 3.8) is 0 Å². The van der Waals surface area contributed by atoms with Crippen molar-refractivity contribution in [3.05, 3.63) is 29.1 Å². The number of nitrogen functional groups attached to an aromatic ring is 1. The normalized spacial score (nSPS) is 12.5. The molecule has 0 fully saturated rings. The molecule has 24 heavy (non-hydrogen) atoms. The van der Waals surface area contributed by atoms with Crippen molar-refractivity contribution in [2.75, 3.05) is 18.5 Å². The molecule has 0 aliphatic heterocycles. The van der Waals surface area contributed by atoms with Gasteiger partial charge in [0, 0.05) is 7.05 Å². The van der Waals surface area contributed by atoms with Crippen LogP contribution in [0.2, 0.25) is 0 Å². The molecule has 3 aromatic heterocycles. The number of thiophene rings is 2. The molecule has 0 radical (unpaired) electrons. The molecule has 8 heteroatoms. The lowest BCUT2D eigenvalue weighted by Crippen LogP contribution is -2.18. The summed E-state index contributed by atoms with van der Waals surface area (Å²) in [6, 6.07) is 5.65. The highest BCUT2D eigenvalue weighted by atomic mass is 32.2. The molecule has 0 aliphatic carbocycles. The smallest absolute Gasteiger partial charge is 0.251 e. The van der Waals surface area contributed by atoms with E-state index in [1.807, 2.05) is 24.4 Å². The third-order valence-corrected chi connectivity index (χ3v) is 7.51. The minimum absolute atomic E-state index is 0.225. The number of fused-ring (bicyclic) bond motifs is 1. The van der Waals surface area contributed by atoms with Crippen LogP contribution in [0.1, 0.15) is 23.7 Å². The molecular weight excluding hydrogens is 362 g/mol. The van der Waals surface area contributed by atoms with Gasteiger partial charge in [-0.05, 0) is 35.1 Å². The summed E-state index contributed by atoms with van der Waals surface area (Å²) < 4.78 is 13.0. The van der Waals surface area contributed by atoms with Crippen molar-refractivity contribution in [2.45, 2.75) is 17.6 Å². The van der Waals surface area contributed by atoms with Gasteiger partial charge in [-0.2, -0.15) is 0 Å². The number of amides is 1. The Labute approximate surface area is 151 Å². The predicted octanol–water partition coefficient (Wildman–Crippen LogP) is 3.48. The maximum Gasteiger partial charge on any atom is 0.251 e. The van der Waals surface area contributed by atoms with Crippen LogP contribution >= 0.6 is 22.7 Å². The van der Waals surface area contributed by atoms with Crippen molar-refractivity contribution >= 4 is 55.7 Å². The zero-order valence-corrected chi connectivity index (χ0v) is 15.7. The zero-order valence-electron chi connectivity index (χ0n) is 13.3. The van der Waals surface area contributed by atoms with E-state index in [2.05, 4.69) is 10.3 Å². The van der Waals surface area contributed by atoms with Gasteiger partial charge in [-0.15, -0.1) is 11.3 Å². The number of nitrogens with two attached hydrogens (primary N) is 1. The quantitative estimate of drug-likeness (QED) is 0.664. The van der Waals surface area contributed by atoms with Gasteiger partial charge in [0.15, 0.2) is 0 Å². The van der Waals surface area contributed by atoms with Gasteiger partial charge >= 0.3 is 0 Å². The summed E-state index contributed by atoms with van der Waals surface area (Å²) in [6.45, 7) is 1.98. The minimum atomic E-state index is -1.17. The van der Waals surface area contributed by atoms with Crippen LogP contribution in [0.15, 0.2) is 27.8 Å². The van der Waals surface area contributed by atoms with E-state index < -0.39 is 11.2 Å². The molecule has 3 aromatic rings. The number of aromatic nitrogens is 1. The van der Waals surface area contributed by atoms with Crippen LogP contribution in [0.5, 0.6) is 0 Å². The minimum Gasteiger partial charge on any atom is -0.611 e. The highest BCUT2D eigenvalue weighted by molar-refractivity contribution is 7.93.